The van der Waals surface area contributed by atoms with E-state index in [1.54, 1.807) is 37.6 Å². The number of amides is 3. The molecule has 5 N–H and O–H groups in total. The molecule has 2 heterocycles. The van der Waals surface area contributed by atoms with Gasteiger partial charge in [0.15, 0.2) is 11.5 Å². The normalized spacial score (nSPS) is 17.9. The van der Waals surface area contributed by atoms with Crippen molar-refractivity contribution < 1.29 is 29.7 Å². The lowest BCUT2D eigenvalue weighted by atomic mass is 9.85. The number of thiazole rings is 1. The van der Waals surface area contributed by atoms with E-state index in [0.717, 1.165) is 21.7 Å². The summed E-state index contributed by atoms with van der Waals surface area (Å²) in [6.07, 6.45) is -0.827. The van der Waals surface area contributed by atoms with Crippen LogP contribution in [0.15, 0.2) is 48.0 Å². The molecule has 0 aliphatic carbocycles. The lowest BCUT2D eigenvalue weighted by Crippen LogP contribution is -2.57. The molecule has 3 amide bonds. The number of aromatic hydroxyl groups is 2. The van der Waals surface area contributed by atoms with Gasteiger partial charge in [0.2, 0.25) is 11.8 Å². The van der Waals surface area contributed by atoms with E-state index in [4.69, 9.17) is 0 Å². The first-order valence-electron chi connectivity index (χ1n) is 12.9. The molecular weight excluding hydrogens is 532 g/mol. The molecule has 212 valence electrons. The first-order valence-corrected chi connectivity index (χ1v) is 13.8. The predicted octanol–water partition coefficient (Wildman–Crippen LogP) is 2.95. The van der Waals surface area contributed by atoms with E-state index in [-0.39, 0.29) is 25.1 Å². The summed E-state index contributed by atoms with van der Waals surface area (Å²) in [6, 6.07) is 9.76. The number of phenolic OH excluding ortho intramolecular Hbond substituents is 2. The number of phenols is 2. The molecule has 0 saturated carbocycles. The Kier molecular flexibility index (Phi) is 8.45. The zero-order valence-corrected chi connectivity index (χ0v) is 23.7. The van der Waals surface area contributed by atoms with E-state index in [1.807, 2.05) is 31.2 Å². The van der Waals surface area contributed by atoms with Crippen LogP contribution in [-0.2, 0) is 16.1 Å². The molecule has 1 aliphatic rings. The summed E-state index contributed by atoms with van der Waals surface area (Å²) in [5.41, 5.74) is 3.72. The number of aryl methyl sites for hydroxylation is 1. The molecule has 0 radical (unpaired) electrons. The zero-order valence-electron chi connectivity index (χ0n) is 22.8. The van der Waals surface area contributed by atoms with E-state index >= 15 is 0 Å². The molecule has 1 aromatic heterocycles. The number of hydrogen-bond donors (Lipinski definition) is 5. The van der Waals surface area contributed by atoms with Crippen molar-refractivity contribution in [3.8, 4) is 21.9 Å². The van der Waals surface area contributed by atoms with Crippen LogP contribution < -0.4 is 10.6 Å². The van der Waals surface area contributed by atoms with Gasteiger partial charge in [-0.25, -0.2) is 4.98 Å². The Morgan fingerprint density at radius 1 is 1.12 bits per heavy atom. The predicted molar refractivity (Wildman–Crippen MR) is 151 cm³/mol. The molecule has 1 fully saturated rings. The highest BCUT2D eigenvalue weighted by Gasteiger charge is 2.44. The quantitative estimate of drug-likeness (QED) is 0.276. The van der Waals surface area contributed by atoms with Crippen LogP contribution in [0.2, 0.25) is 0 Å². The van der Waals surface area contributed by atoms with Crippen molar-refractivity contribution in [3.63, 3.8) is 0 Å². The van der Waals surface area contributed by atoms with Crippen LogP contribution in [0.25, 0.3) is 10.4 Å². The van der Waals surface area contributed by atoms with Crippen molar-refractivity contribution in [2.24, 2.45) is 5.41 Å². The standard InChI is InChI=1S/C29H34N4O6S/c1-16-24(40-15-31-16)18-10-8-17(9-11-18)13-30-27(38)21-12-19(34)14-33(21)28(39)25(29(2,3)4)32-26(37)20-6-5-7-22(35)23(20)36/h5-11,15,19,21,25,34-36H,12-14H2,1-4H3,(H,30,38)(H,32,37)/t19-,21+,25-/m1/s1. The number of rotatable bonds is 7. The van der Waals surface area contributed by atoms with Crippen molar-refractivity contribution in [2.45, 2.75) is 58.8 Å². The fourth-order valence-electron chi connectivity index (χ4n) is 4.70. The minimum absolute atomic E-state index is 0.0559. The third-order valence-corrected chi connectivity index (χ3v) is 7.92. The Bertz CT molecular complexity index is 1400. The Hall–Kier alpha value is -3.96. The van der Waals surface area contributed by atoms with E-state index in [0.29, 0.717) is 0 Å². The number of β-amino-alcohol motifs (C(OH)–C–C–N with tert-alkyl or cyclic N) is 1. The maximum atomic E-state index is 13.7. The highest BCUT2D eigenvalue weighted by molar-refractivity contribution is 7.13. The molecule has 11 heteroatoms. The van der Waals surface area contributed by atoms with E-state index in [1.165, 1.54) is 23.1 Å². The van der Waals surface area contributed by atoms with Gasteiger partial charge in [-0.05, 0) is 35.6 Å². The summed E-state index contributed by atoms with van der Waals surface area (Å²) in [7, 11) is 0. The largest absolute Gasteiger partial charge is 0.504 e. The molecule has 0 unspecified atom stereocenters. The number of aliphatic hydroxyl groups excluding tert-OH is 1. The van der Waals surface area contributed by atoms with Crippen LogP contribution >= 0.6 is 11.3 Å². The first kappa shape index (κ1) is 29.0. The number of carbonyl (C=O) groups excluding carboxylic acids is 3. The summed E-state index contributed by atoms with van der Waals surface area (Å²) in [4.78, 5) is 46.6. The number of aliphatic hydroxyl groups is 1. The van der Waals surface area contributed by atoms with Crippen LogP contribution in [0.4, 0.5) is 0 Å². The molecule has 1 aliphatic heterocycles. The van der Waals surface area contributed by atoms with Gasteiger partial charge in [0.1, 0.15) is 12.1 Å². The minimum atomic E-state index is -1.08. The lowest BCUT2D eigenvalue weighted by molar-refractivity contribution is -0.142. The smallest absolute Gasteiger partial charge is 0.255 e. The number of nitrogens with zero attached hydrogens (tertiary/aromatic N) is 2. The van der Waals surface area contributed by atoms with E-state index in [9.17, 15) is 29.7 Å². The Balaban J connectivity index is 1.46. The number of benzene rings is 2. The number of aromatic nitrogens is 1. The van der Waals surface area contributed by atoms with Gasteiger partial charge >= 0.3 is 0 Å². The number of carbonyl (C=O) groups is 3. The summed E-state index contributed by atoms with van der Waals surface area (Å²) < 4.78 is 0. The SMILES string of the molecule is Cc1ncsc1-c1ccc(CNC(=O)[C@@H]2C[C@@H](O)CN2C(=O)[C@@H](NC(=O)c2cccc(O)c2O)C(C)(C)C)cc1. The fourth-order valence-corrected chi connectivity index (χ4v) is 5.52. The van der Waals surface area contributed by atoms with Gasteiger partial charge in [-0.15, -0.1) is 11.3 Å². The molecule has 1 saturated heterocycles. The van der Waals surface area contributed by atoms with Crippen LogP contribution in [0.5, 0.6) is 11.5 Å². The van der Waals surface area contributed by atoms with E-state index < -0.39 is 52.8 Å². The highest BCUT2D eigenvalue weighted by Crippen LogP contribution is 2.31. The molecule has 10 nitrogen and oxygen atoms in total. The van der Waals surface area contributed by atoms with Crippen molar-refractivity contribution in [2.75, 3.05) is 6.54 Å². The van der Waals surface area contributed by atoms with Gasteiger partial charge < -0.3 is 30.9 Å². The Labute approximate surface area is 236 Å². The summed E-state index contributed by atoms with van der Waals surface area (Å²) in [5.74, 6) is -2.74. The van der Waals surface area contributed by atoms with Crippen molar-refractivity contribution in [1.29, 1.82) is 0 Å². The third kappa shape index (κ3) is 6.26. The second-order valence-electron chi connectivity index (χ2n) is 11.0. The molecule has 3 atom stereocenters. The number of para-hydroxylation sites is 1. The van der Waals surface area contributed by atoms with Crippen LogP contribution in [0.3, 0.4) is 0 Å². The molecule has 0 bridgehead atoms. The fraction of sp³-hybridized carbons (Fsp3) is 0.379. The summed E-state index contributed by atoms with van der Waals surface area (Å²) in [5, 5.41) is 35.8. The second kappa shape index (κ2) is 11.6. The molecule has 0 spiro atoms. The highest BCUT2D eigenvalue weighted by atomic mass is 32.1. The minimum Gasteiger partial charge on any atom is -0.504 e. The van der Waals surface area contributed by atoms with Crippen LogP contribution in [-0.4, -0.2) is 67.7 Å². The van der Waals surface area contributed by atoms with Gasteiger partial charge in [0, 0.05) is 19.5 Å². The molecular formula is C29H34N4O6S. The number of hydrogen-bond acceptors (Lipinski definition) is 8. The van der Waals surface area contributed by atoms with Crippen LogP contribution in [0, 0.1) is 12.3 Å². The van der Waals surface area contributed by atoms with Crippen LogP contribution in [0.1, 0.15) is 48.8 Å². The molecule has 40 heavy (non-hydrogen) atoms. The lowest BCUT2D eigenvalue weighted by Gasteiger charge is -2.35. The number of likely N-dealkylation sites (tertiary alicyclic amines) is 1. The maximum Gasteiger partial charge on any atom is 0.255 e. The van der Waals surface area contributed by atoms with Gasteiger partial charge in [0.05, 0.1) is 27.7 Å². The average molecular weight is 567 g/mol. The zero-order chi connectivity index (χ0) is 29.2. The van der Waals surface area contributed by atoms with Gasteiger partial charge in [0.25, 0.3) is 5.91 Å². The Morgan fingerprint density at radius 2 is 1.82 bits per heavy atom. The van der Waals surface area contributed by atoms with E-state index in [2.05, 4.69) is 15.6 Å². The molecule has 4 rings (SSSR count). The number of nitrogens with one attached hydrogen (secondary N) is 2. The summed E-state index contributed by atoms with van der Waals surface area (Å²) >= 11 is 1.56. The molecule has 2 aromatic carbocycles. The van der Waals surface area contributed by atoms with Crippen molar-refractivity contribution in [1.82, 2.24) is 20.5 Å². The Morgan fingerprint density at radius 3 is 2.45 bits per heavy atom. The summed E-state index contributed by atoms with van der Waals surface area (Å²) in [6.45, 7) is 7.42. The first-order chi connectivity index (χ1) is 18.9. The second-order valence-corrected chi connectivity index (χ2v) is 11.9. The average Bonchev–Trinajstić information content (AvgIpc) is 3.52. The van der Waals surface area contributed by atoms with Gasteiger partial charge in [-0.1, -0.05) is 51.1 Å². The third-order valence-electron chi connectivity index (χ3n) is 6.94. The van der Waals surface area contributed by atoms with Crippen molar-refractivity contribution in [3.05, 3.63) is 64.8 Å². The monoisotopic (exact) mass is 566 g/mol. The van der Waals surface area contributed by atoms with Gasteiger partial charge in [-0.3, -0.25) is 14.4 Å². The van der Waals surface area contributed by atoms with Gasteiger partial charge in [-0.2, -0.15) is 0 Å². The topological polar surface area (TPSA) is 152 Å². The van der Waals surface area contributed by atoms with Crippen molar-refractivity contribution >= 4 is 29.1 Å². The molecule has 3 aromatic rings. The maximum absolute atomic E-state index is 13.7.